The van der Waals surface area contributed by atoms with Crippen molar-refractivity contribution in [2.24, 2.45) is 5.41 Å². The van der Waals surface area contributed by atoms with Crippen molar-refractivity contribution in [3.63, 3.8) is 0 Å². The van der Waals surface area contributed by atoms with Crippen molar-refractivity contribution in [1.29, 1.82) is 0 Å². The third-order valence-corrected chi connectivity index (χ3v) is 4.51. The summed E-state index contributed by atoms with van der Waals surface area (Å²) in [5.41, 5.74) is 0.625. The van der Waals surface area contributed by atoms with Gasteiger partial charge in [0, 0.05) is 18.1 Å². The van der Waals surface area contributed by atoms with Crippen LogP contribution >= 0.6 is 0 Å². The van der Waals surface area contributed by atoms with Gasteiger partial charge < -0.3 is 9.84 Å². The number of rotatable bonds is 0. The van der Waals surface area contributed by atoms with E-state index in [0.717, 1.165) is 24.8 Å². The number of benzene rings is 1. The van der Waals surface area contributed by atoms with Crippen LogP contribution in [0.5, 0.6) is 5.75 Å². The lowest BCUT2D eigenvalue weighted by Crippen LogP contribution is -2.47. The summed E-state index contributed by atoms with van der Waals surface area (Å²) < 4.78 is 19.5. The van der Waals surface area contributed by atoms with E-state index in [-0.39, 0.29) is 16.8 Å². The average molecular weight is 264 g/mol. The van der Waals surface area contributed by atoms with E-state index in [2.05, 4.69) is 13.8 Å². The molecule has 1 N–H and O–H groups in total. The normalized spacial score (nSPS) is 32.7. The highest BCUT2D eigenvalue weighted by Crippen LogP contribution is 2.50. The zero-order chi connectivity index (χ0) is 13.7. The second-order valence-electron chi connectivity index (χ2n) is 6.88. The average Bonchev–Trinajstić information content (AvgIpc) is 2.25. The molecular formula is C16H21FO2. The zero-order valence-electron chi connectivity index (χ0n) is 11.6. The van der Waals surface area contributed by atoms with Crippen LogP contribution in [0.15, 0.2) is 18.2 Å². The van der Waals surface area contributed by atoms with E-state index in [0.29, 0.717) is 12.2 Å². The number of hydrogen-bond acceptors (Lipinski definition) is 2. The lowest BCUT2D eigenvalue weighted by Gasteiger charge is -2.48. The van der Waals surface area contributed by atoms with Crippen molar-refractivity contribution in [3.8, 4) is 5.75 Å². The maximum absolute atomic E-state index is 13.4. The van der Waals surface area contributed by atoms with Gasteiger partial charge in [0.2, 0.25) is 0 Å². The maximum Gasteiger partial charge on any atom is 0.128 e. The minimum Gasteiger partial charge on any atom is -0.487 e. The van der Waals surface area contributed by atoms with Crippen molar-refractivity contribution < 1.29 is 14.2 Å². The van der Waals surface area contributed by atoms with Crippen molar-refractivity contribution >= 4 is 0 Å². The van der Waals surface area contributed by atoms with Crippen molar-refractivity contribution in [3.05, 3.63) is 29.6 Å². The fourth-order valence-electron chi connectivity index (χ4n) is 3.81. The number of halogens is 1. The van der Waals surface area contributed by atoms with Crippen LogP contribution in [0.3, 0.4) is 0 Å². The molecule has 0 saturated heterocycles. The first-order valence-electron chi connectivity index (χ1n) is 7.06. The molecule has 0 radical (unpaired) electrons. The molecule has 3 heteroatoms. The summed E-state index contributed by atoms with van der Waals surface area (Å²) in [6.45, 7) is 4.48. The standard InChI is InChI=1S/C16H21FO2/c1-15(2)6-3-7-16(10-15)9-13(18)12-5-4-11(17)8-14(12)19-16/h4-5,8,13,18H,3,6-7,9-10H2,1-2H3/t13-,16?/m0/s1. The lowest BCUT2D eigenvalue weighted by molar-refractivity contribution is -0.0678. The number of aliphatic hydroxyl groups is 1. The first kappa shape index (κ1) is 12.9. The van der Waals surface area contributed by atoms with Crippen LogP contribution in [0, 0.1) is 11.2 Å². The summed E-state index contributed by atoms with van der Waals surface area (Å²) in [5.74, 6) is 0.217. The van der Waals surface area contributed by atoms with Gasteiger partial charge in [0.05, 0.1) is 6.10 Å². The van der Waals surface area contributed by atoms with Crippen LogP contribution in [0.4, 0.5) is 4.39 Å². The largest absolute Gasteiger partial charge is 0.487 e. The Morgan fingerprint density at radius 2 is 2.11 bits per heavy atom. The molecule has 0 amide bonds. The minimum atomic E-state index is -0.543. The van der Waals surface area contributed by atoms with Gasteiger partial charge in [-0.2, -0.15) is 0 Å². The van der Waals surface area contributed by atoms with Gasteiger partial charge in [0.25, 0.3) is 0 Å². The molecule has 104 valence electrons. The molecule has 0 aromatic heterocycles. The molecular weight excluding hydrogens is 243 g/mol. The van der Waals surface area contributed by atoms with E-state index in [9.17, 15) is 9.50 Å². The molecule has 2 aliphatic rings. The van der Waals surface area contributed by atoms with E-state index in [4.69, 9.17) is 4.74 Å². The van der Waals surface area contributed by atoms with Crippen LogP contribution in [-0.4, -0.2) is 10.7 Å². The van der Waals surface area contributed by atoms with Crippen molar-refractivity contribution in [1.82, 2.24) is 0 Å². The molecule has 1 saturated carbocycles. The highest BCUT2D eigenvalue weighted by molar-refractivity contribution is 5.38. The predicted molar refractivity (Wildman–Crippen MR) is 71.6 cm³/mol. The van der Waals surface area contributed by atoms with E-state index < -0.39 is 6.10 Å². The molecule has 19 heavy (non-hydrogen) atoms. The Kier molecular flexibility index (Phi) is 2.86. The third-order valence-electron chi connectivity index (χ3n) is 4.51. The van der Waals surface area contributed by atoms with E-state index >= 15 is 0 Å². The molecule has 1 fully saturated rings. The summed E-state index contributed by atoms with van der Waals surface area (Å²) in [6, 6.07) is 4.42. The molecule has 1 unspecified atom stereocenters. The van der Waals surface area contributed by atoms with E-state index in [1.807, 2.05) is 0 Å². The summed E-state index contributed by atoms with van der Waals surface area (Å²) in [6.07, 6.45) is 4.23. The van der Waals surface area contributed by atoms with Crippen LogP contribution in [0.2, 0.25) is 0 Å². The Balaban J connectivity index is 1.95. The van der Waals surface area contributed by atoms with Gasteiger partial charge in [-0.05, 0) is 43.2 Å². The lowest BCUT2D eigenvalue weighted by atomic mass is 9.67. The third kappa shape index (κ3) is 2.36. The van der Waals surface area contributed by atoms with Crippen molar-refractivity contribution in [2.45, 2.75) is 57.7 Å². The van der Waals surface area contributed by atoms with Gasteiger partial charge in [0.1, 0.15) is 17.2 Å². The maximum atomic E-state index is 13.4. The molecule has 1 aliphatic heterocycles. The topological polar surface area (TPSA) is 29.5 Å². The quantitative estimate of drug-likeness (QED) is 0.768. The molecule has 3 rings (SSSR count). The Hall–Kier alpha value is -1.09. The van der Waals surface area contributed by atoms with Crippen LogP contribution < -0.4 is 4.74 Å². The van der Waals surface area contributed by atoms with E-state index in [1.54, 1.807) is 6.07 Å². The van der Waals surface area contributed by atoms with Gasteiger partial charge >= 0.3 is 0 Å². The summed E-state index contributed by atoms with van der Waals surface area (Å²) in [5, 5.41) is 10.3. The smallest absolute Gasteiger partial charge is 0.128 e. The van der Waals surface area contributed by atoms with Crippen LogP contribution in [-0.2, 0) is 0 Å². The van der Waals surface area contributed by atoms with Gasteiger partial charge in [-0.3, -0.25) is 0 Å². The summed E-state index contributed by atoms with van der Waals surface area (Å²) in [7, 11) is 0. The molecule has 2 atom stereocenters. The Bertz CT molecular complexity index is 498. The fraction of sp³-hybridized carbons (Fsp3) is 0.625. The number of fused-ring (bicyclic) bond motifs is 1. The predicted octanol–water partition coefficient (Wildman–Crippen LogP) is 3.98. The van der Waals surface area contributed by atoms with E-state index in [1.165, 1.54) is 18.6 Å². The monoisotopic (exact) mass is 264 g/mol. The van der Waals surface area contributed by atoms with Crippen LogP contribution in [0.1, 0.15) is 57.6 Å². The fourth-order valence-corrected chi connectivity index (χ4v) is 3.81. The van der Waals surface area contributed by atoms with Gasteiger partial charge in [-0.15, -0.1) is 0 Å². The molecule has 2 nitrogen and oxygen atoms in total. The second-order valence-corrected chi connectivity index (χ2v) is 6.88. The zero-order valence-corrected chi connectivity index (χ0v) is 11.6. The summed E-state index contributed by atoms with van der Waals surface area (Å²) >= 11 is 0. The molecule has 1 spiro atoms. The SMILES string of the molecule is CC1(C)CCCC2(C[C@H](O)c3ccc(F)cc3O2)C1. The minimum absolute atomic E-state index is 0.225. The first-order chi connectivity index (χ1) is 8.89. The Morgan fingerprint density at radius 3 is 2.84 bits per heavy atom. The Labute approximate surface area is 113 Å². The number of aliphatic hydroxyl groups excluding tert-OH is 1. The Morgan fingerprint density at radius 1 is 1.32 bits per heavy atom. The number of ether oxygens (including phenoxy) is 1. The summed E-state index contributed by atoms with van der Waals surface area (Å²) in [4.78, 5) is 0. The van der Waals surface area contributed by atoms with Crippen molar-refractivity contribution in [2.75, 3.05) is 0 Å². The molecule has 1 aliphatic carbocycles. The number of hydrogen-bond donors (Lipinski definition) is 1. The molecule has 0 bridgehead atoms. The van der Waals surface area contributed by atoms with Gasteiger partial charge in [-0.25, -0.2) is 4.39 Å². The highest BCUT2D eigenvalue weighted by Gasteiger charge is 2.46. The second kappa shape index (κ2) is 4.20. The molecule has 1 aromatic carbocycles. The molecule has 1 aromatic rings. The highest BCUT2D eigenvalue weighted by atomic mass is 19.1. The van der Waals surface area contributed by atoms with Crippen LogP contribution in [0.25, 0.3) is 0 Å². The first-order valence-corrected chi connectivity index (χ1v) is 7.06. The van der Waals surface area contributed by atoms with Gasteiger partial charge in [-0.1, -0.05) is 13.8 Å². The molecule has 1 heterocycles. The van der Waals surface area contributed by atoms with Gasteiger partial charge in [0.15, 0.2) is 0 Å².